The van der Waals surface area contributed by atoms with Crippen molar-refractivity contribution < 1.29 is 0 Å². The van der Waals surface area contributed by atoms with E-state index in [1.165, 1.54) is 6.42 Å². The van der Waals surface area contributed by atoms with Crippen LogP contribution in [0.4, 0.5) is 0 Å². The van der Waals surface area contributed by atoms with Gasteiger partial charge in [-0.25, -0.2) is 4.98 Å². The lowest BCUT2D eigenvalue weighted by molar-refractivity contribution is 0.509. The fourth-order valence-electron chi connectivity index (χ4n) is 1.45. The van der Waals surface area contributed by atoms with E-state index in [1.54, 1.807) is 6.33 Å². The molecule has 0 aliphatic rings. The summed E-state index contributed by atoms with van der Waals surface area (Å²) < 4.78 is 1.95. The summed E-state index contributed by atoms with van der Waals surface area (Å²) in [4.78, 5) is 4.25. The van der Waals surface area contributed by atoms with Crippen LogP contribution in [-0.2, 0) is 13.0 Å². The summed E-state index contributed by atoms with van der Waals surface area (Å²) in [6.07, 6.45) is 3.75. The van der Waals surface area contributed by atoms with Crippen LogP contribution in [0.3, 0.4) is 0 Å². The first-order valence-electron chi connectivity index (χ1n) is 5.38. The number of hydrogen-bond acceptors (Lipinski definition) is 3. The van der Waals surface area contributed by atoms with Gasteiger partial charge in [0.15, 0.2) is 0 Å². The van der Waals surface area contributed by atoms with E-state index in [0.717, 1.165) is 25.3 Å². The van der Waals surface area contributed by atoms with Gasteiger partial charge in [-0.15, -0.1) is 0 Å². The molecule has 4 heteroatoms. The molecule has 0 spiro atoms. The zero-order valence-corrected chi connectivity index (χ0v) is 9.32. The molecule has 0 radical (unpaired) electrons. The fraction of sp³-hybridized carbons (Fsp3) is 0.800. The van der Waals surface area contributed by atoms with E-state index in [1.807, 2.05) is 4.68 Å². The molecule has 1 rings (SSSR count). The van der Waals surface area contributed by atoms with Crippen molar-refractivity contribution in [2.75, 3.05) is 6.54 Å². The summed E-state index contributed by atoms with van der Waals surface area (Å²) in [6, 6.07) is 0.476. The lowest BCUT2D eigenvalue weighted by Crippen LogP contribution is -2.29. The van der Waals surface area contributed by atoms with Gasteiger partial charge in [0.1, 0.15) is 12.2 Å². The number of aryl methyl sites for hydroxylation is 1. The van der Waals surface area contributed by atoms with Gasteiger partial charge in [-0.3, -0.25) is 4.68 Å². The van der Waals surface area contributed by atoms with Gasteiger partial charge < -0.3 is 5.32 Å². The minimum absolute atomic E-state index is 0.476. The first-order valence-corrected chi connectivity index (χ1v) is 5.38. The molecule has 14 heavy (non-hydrogen) atoms. The molecular formula is C10H20N4. The molecule has 0 fully saturated rings. The minimum Gasteiger partial charge on any atom is -0.314 e. The second kappa shape index (κ2) is 5.75. The number of nitrogens with zero attached hydrogens (tertiary/aromatic N) is 3. The van der Waals surface area contributed by atoms with Crippen LogP contribution in [0.2, 0.25) is 0 Å². The maximum Gasteiger partial charge on any atom is 0.138 e. The summed E-state index contributed by atoms with van der Waals surface area (Å²) >= 11 is 0. The van der Waals surface area contributed by atoms with E-state index in [0.29, 0.717) is 6.04 Å². The lowest BCUT2D eigenvalue weighted by atomic mass is 10.2. The fourth-order valence-corrected chi connectivity index (χ4v) is 1.45. The van der Waals surface area contributed by atoms with Crippen molar-refractivity contribution in [2.24, 2.45) is 0 Å². The highest BCUT2D eigenvalue weighted by atomic mass is 15.3. The summed E-state index contributed by atoms with van der Waals surface area (Å²) in [7, 11) is 0. The van der Waals surface area contributed by atoms with Crippen LogP contribution in [0.15, 0.2) is 6.33 Å². The highest BCUT2D eigenvalue weighted by Gasteiger charge is 2.07. The molecule has 1 heterocycles. The summed E-state index contributed by atoms with van der Waals surface area (Å²) in [5.41, 5.74) is 0. The quantitative estimate of drug-likeness (QED) is 0.744. The first kappa shape index (κ1) is 11.2. The highest BCUT2D eigenvalue weighted by molar-refractivity contribution is 4.88. The van der Waals surface area contributed by atoms with Gasteiger partial charge in [0.05, 0.1) is 0 Å². The van der Waals surface area contributed by atoms with Crippen LogP contribution in [0.25, 0.3) is 0 Å². The Hall–Kier alpha value is -0.900. The second-order valence-electron chi connectivity index (χ2n) is 3.55. The van der Waals surface area contributed by atoms with Gasteiger partial charge in [-0.1, -0.05) is 6.92 Å². The molecule has 0 aromatic carbocycles. The number of nitrogens with one attached hydrogen (secondary N) is 1. The number of aromatic nitrogens is 3. The van der Waals surface area contributed by atoms with Crippen molar-refractivity contribution in [3.05, 3.63) is 12.2 Å². The standard InChI is InChI=1S/C10H20N4/c1-4-6-11-9(3)7-10-12-8-13-14(10)5-2/h8-9,11H,4-7H2,1-3H3. The van der Waals surface area contributed by atoms with Gasteiger partial charge in [-0.05, 0) is 26.8 Å². The Morgan fingerprint density at radius 1 is 1.50 bits per heavy atom. The maximum atomic E-state index is 4.25. The van der Waals surface area contributed by atoms with Gasteiger partial charge in [0.2, 0.25) is 0 Å². The van der Waals surface area contributed by atoms with Crippen LogP contribution in [0.5, 0.6) is 0 Å². The zero-order chi connectivity index (χ0) is 10.4. The zero-order valence-electron chi connectivity index (χ0n) is 9.32. The monoisotopic (exact) mass is 196 g/mol. The molecule has 1 unspecified atom stereocenters. The van der Waals surface area contributed by atoms with Crippen molar-refractivity contribution in [3.8, 4) is 0 Å². The molecule has 1 aromatic rings. The van der Waals surface area contributed by atoms with E-state index >= 15 is 0 Å². The Morgan fingerprint density at radius 2 is 2.29 bits per heavy atom. The second-order valence-corrected chi connectivity index (χ2v) is 3.55. The lowest BCUT2D eigenvalue weighted by Gasteiger charge is -2.12. The molecule has 1 aromatic heterocycles. The van der Waals surface area contributed by atoms with Crippen molar-refractivity contribution >= 4 is 0 Å². The predicted molar refractivity (Wildman–Crippen MR) is 57.2 cm³/mol. The molecule has 0 bridgehead atoms. The third-order valence-electron chi connectivity index (χ3n) is 2.23. The van der Waals surface area contributed by atoms with Gasteiger partial charge in [-0.2, -0.15) is 5.10 Å². The summed E-state index contributed by atoms with van der Waals surface area (Å²) in [6.45, 7) is 8.41. The van der Waals surface area contributed by atoms with Gasteiger partial charge in [0, 0.05) is 19.0 Å². The Bertz CT molecular complexity index is 256. The van der Waals surface area contributed by atoms with Crippen LogP contribution >= 0.6 is 0 Å². The first-order chi connectivity index (χ1) is 6.77. The smallest absolute Gasteiger partial charge is 0.138 e. The molecule has 80 valence electrons. The van der Waals surface area contributed by atoms with E-state index in [4.69, 9.17) is 0 Å². The van der Waals surface area contributed by atoms with Crippen LogP contribution < -0.4 is 5.32 Å². The van der Waals surface area contributed by atoms with Crippen LogP contribution in [-0.4, -0.2) is 27.4 Å². The molecule has 0 amide bonds. The molecule has 0 saturated carbocycles. The van der Waals surface area contributed by atoms with Crippen molar-refractivity contribution in [1.29, 1.82) is 0 Å². The van der Waals surface area contributed by atoms with E-state index in [2.05, 4.69) is 36.2 Å². The minimum atomic E-state index is 0.476. The van der Waals surface area contributed by atoms with Crippen LogP contribution in [0.1, 0.15) is 33.0 Å². The largest absolute Gasteiger partial charge is 0.314 e. The van der Waals surface area contributed by atoms with Crippen LogP contribution in [0, 0.1) is 0 Å². The third kappa shape index (κ3) is 3.10. The number of rotatable bonds is 6. The molecule has 0 aliphatic carbocycles. The normalized spacial score (nSPS) is 13.1. The average molecular weight is 196 g/mol. The molecular weight excluding hydrogens is 176 g/mol. The Kier molecular flexibility index (Phi) is 4.59. The Balaban J connectivity index is 2.42. The van der Waals surface area contributed by atoms with Crippen molar-refractivity contribution in [3.63, 3.8) is 0 Å². The maximum absolute atomic E-state index is 4.25. The highest BCUT2D eigenvalue weighted by Crippen LogP contribution is 1.99. The van der Waals surface area contributed by atoms with Gasteiger partial charge in [0.25, 0.3) is 0 Å². The third-order valence-corrected chi connectivity index (χ3v) is 2.23. The van der Waals surface area contributed by atoms with Gasteiger partial charge >= 0.3 is 0 Å². The number of hydrogen-bond donors (Lipinski definition) is 1. The molecule has 1 N–H and O–H groups in total. The van der Waals surface area contributed by atoms with Crippen molar-refractivity contribution in [1.82, 2.24) is 20.1 Å². The topological polar surface area (TPSA) is 42.7 Å². The summed E-state index contributed by atoms with van der Waals surface area (Å²) in [5.74, 6) is 1.07. The average Bonchev–Trinajstić information content (AvgIpc) is 2.62. The molecule has 4 nitrogen and oxygen atoms in total. The predicted octanol–water partition coefficient (Wildman–Crippen LogP) is 1.23. The summed E-state index contributed by atoms with van der Waals surface area (Å²) in [5, 5.41) is 7.59. The Morgan fingerprint density at radius 3 is 2.93 bits per heavy atom. The SMILES string of the molecule is CCCNC(C)Cc1ncnn1CC. The van der Waals surface area contributed by atoms with E-state index in [9.17, 15) is 0 Å². The molecule has 1 atom stereocenters. The van der Waals surface area contributed by atoms with E-state index in [-0.39, 0.29) is 0 Å². The molecule has 0 aliphatic heterocycles. The van der Waals surface area contributed by atoms with Crippen molar-refractivity contribution in [2.45, 2.75) is 46.2 Å². The Labute approximate surface area is 85.7 Å². The van der Waals surface area contributed by atoms with E-state index < -0.39 is 0 Å². The molecule has 0 saturated heterocycles.